The minimum Gasteiger partial charge on any atom is -0.396 e. The van der Waals surface area contributed by atoms with E-state index in [1.165, 1.54) is 6.42 Å². The number of rotatable bonds is 5. The van der Waals surface area contributed by atoms with E-state index in [4.69, 9.17) is 0 Å². The average Bonchev–Trinajstić information content (AvgIpc) is 2.59. The number of allylic oxidation sites excluding steroid dienone is 1. The van der Waals surface area contributed by atoms with Crippen LogP contribution < -0.4 is 5.32 Å². The minimum atomic E-state index is -0.0413. The van der Waals surface area contributed by atoms with E-state index < -0.39 is 0 Å². The topological polar surface area (TPSA) is 49.3 Å². The third kappa shape index (κ3) is 2.06. The number of hydrogen-bond acceptors (Lipinski definition) is 3. The van der Waals surface area contributed by atoms with Crippen molar-refractivity contribution in [1.82, 2.24) is 5.32 Å². The third-order valence-electron chi connectivity index (χ3n) is 4.12. The summed E-state index contributed by atoms with van der Waals surface area (Å²) in [7, 11) is 0. The van der Waals surface area contributed by atoms with Crippen LogP contribution in [0.15, 0.2) is 12.7 Å². The number of nitrogens with one attached hydrogen (secondary N) is 1. The lowest BCUT2D eigenvalue weighted by Crippen LogP contribution is -2.42. The molecule has 0 amide bonds. The van der Waals surface area contributed by atoms with Crippen LogP contribution in [0.1, 0.15) is 25.7 Å². The molecule has 2 rings (SSSR count). The maximum Gasteiger partial charge on any atom is 0.153 e. The maximum atomic E-state index is 12.2. The predicted molar refractivity (Wildman–Crippen MR) is 63.0 cm³/mol. The van der Waals surface area contributed by atoms with Gasteiger partial charge >= 0.3 is 0 Å². The van der Waals surface area contributed by atoms with Gasteiger partial charge < -0.3 is 10.4 Å². The Morgan fingerprint density at radius 1 is 1.50 bits per heavy atom. The fourth-order valence-corrected chi connectivity index (χ4v) is 2.83. The molecule has 0 aromatic heterocycles. The molecule has 0 spiro atoms. The molecule has 3 heteroatoms. The molecule has 2 fully saturated rings. The second-order valence-corrected chi connectivity index (χ2v) is 5.05. The molecule has 2 N–H and O–H groups in total. The Hall–Kier alpha value is -0.670. The summed E-state index contributed by atoms with van der Waals surface area (Å²) in [6.45, 7) is 4.67. The molecule has 1 saturated heterocycles. The van der Waals surface area contributed by atoms with Gasteiger partial charge in [-0.25, -0.2) is 0 Å². The quantitative estimate of drug-likeness (QED) is 0.687. The lowest BCUT2D eigenvalue weighted by Gasteiger charge is -2.29. The zero-order chi connectivity index (χ0) is 11.5. The fourth-order valence-electron chi connectivity index (χ4n) is 2.83. The molecule has 0 aromatic carbocycles. The number of carbonyl (C=O) groups is 1. The number of carbonyl (C=O) groups excluding carboxylic acids is 1. The third-order valence-corrected chi connectivity index (χ3v) is 4.12. The van der Waals surface area contributed by atoms with Crippen LogP contribution in [-0.2, 0) is 4.79 Å². The average molecular weight is 223 g/mol. The van der Waals surface area contributed by atoms with Crippen LogP contribution in [0.2, 0.25) is 0 Å². The van der Waals surface area contributed by atoms with E-state index in [2.05, 4.69) is 11.9 Å². The van der Waals surface area contributed by atoms with Crippen LogP contribution in [0.3, 0.4) is 0 Å². The first-order chi connectivity index (χ1) is 7.77. The molecule has 1 aliphatic heterocycles. The summed E-state index contributed by atoms with van der Waals surface area (Å²) in [5, 5.41) is 12.6. The highest BCUT2D eigenvalue weighted by atomic mass is 16.3. The van der Waals surface area contributed by atoms with Crippen molar-refractivity contribution in [2.75, 3.05) is 13.2 Å². The van der Waals surface area contributed by atoms with Gasteiger partial charge in [0.1, 0.15) is 0 Å². The largest absolute Gasteiger partial charge is 0.396 e. The predicted octanol–water partition coefficient (Wildman–Crippen LogP) is 1.13. The van der Waals surface area contributed by atoms with E-state index in [-0.39, 0.29) is 30.4 Å². The van der Waals surface area contributed by atoms with Crippen molar-refractivity contribution in [3.63, 3.8) is 0 Å². The lowest BCUT2D eigenvalue weighted by molar-refractivity contribution is -0.128. The van der Waals surface area contributed by atoms with Crippen LogP contribution in [0, 0.1) is 17.8 Å². The van der Waals surface area contributed by atoms with Crippen molar-refractivity contribution in [2.24, 2.45) is 17.8 Å². The first kappa shape index (κ1) is 11.8. The monoisotopic (exact) mass is 223 g/mol. The Labute approximate surface area is 96.9 Å². The summed E-state index contributed by atoms with van der Waals surface area (Å²) in [6.07, 6.45) is 5.99. The fraction of sp³-hybridized carbons (Fsp3) is 0.769. The van der Waals surface area contributed by atoms with Gasteiger partial charge in [-0.05, 0) is 31.1 Å². The van der Waals surface area contributed by atoms with Crippen LogP contribution in [0.25, 0.3) is 0 Å². The second kappa shape index (κ2) is 5.11. The number of aliphatic hydroxyl groups is 1. The molecular formula is C13H21NO2. The van der Waals surface area contributed by atoms with Gasteiger partial charge in [0, 0.05) is 19.1 Å². The Kier molecular flexibility index (Phi) is 3.77. The van der Waals surface area contributed by atoms with E-state index in [0.717, 1.165) is 25.8 Å². The van der Waals surface area contributed by atoms with Gasteiger partial charge in [0.2, 0.25) is 0 Å². The number of hydrogen-bond donors (Lipinski definition) is 2. The zero-order valence-corrected chi connectivity index (χ0v) is 9.69. The summed E-state index contributed by atoms with van der Waals surface area (Å²) >= 11 is 0. The molecule has 16 heavy (non-hydrogen) atoms. The SMILES string of the molecule is C=CCC1C(CO)CNC1C(=O)C1CCC1. The van der Waals surface area contributed by atoms with Crippen LogP contribution >= 0.6 is 0 Å². The van der Waals surface area contributed by atoms with E-state index in [9.17, 15) is 9.90 Å². The molecule has 3 unspecified atom stereocenters. The van der Waals surface area contributed by atoms with Gasteiger partial charge in [-0.3, -0.25) is 4.79 Å². The van der Waals surface area contributed by atoms with E-state index >= 15 is 0 Å². The molecular weight excluding hydrogens is 202 g/mol. The Morgan fingerprint density at radius 3 is 2.75 bits per heavy atom. The summed E-state index contributed by atoms with van der Waals surface area (Å²) in [4.78, 5) is 12.2. The number of aliphatic hydroxyl groups excluding tert-OH is 1. The van der Waals surface area contributed by atoms with Gasteiger partial charge in [-0.2, -0.15) is 0 Å². The van der Waals surface area contributed by atoms with E-state index in [0.29, 0.717) is 5.78 Å². The molecule has 1 heterocycles. The Balaban J connectivity index is 2.01. The highest BCUT2D eigenvalue weighted by Gasteiger charge is 2.42. The normalized spacial score (nSPS) is 34.7. The van der Waals surface area contributed by atoms with Crippen LogP contribution in [0.4, 0.5) is 0 Å². The standard InChI is InChI=1S/C13H21NO2/c1-2-4-11-10(8-15)7-14-12(11)13(16)9-5-3-6-9/h2,9-12,14-15H,1,3-8H2. The molecule has 0 radical (unpaired) electrons. The van der Waals surface area contributed by atoms with Crippen molar-refractivity contribution in [3.8, 4) is 0 Å². The van der Waals surface area contributed by atoms with Crippen molar-refractivity contribution in [1.29, 1.82) is 0 Å². The molecule has 90 valence electrons. The van der Waals surface area contributed by atoms with Crippen molar-refractivity contribution < 1.29 is 9.90 Å². The lowest BCUT2D eigenvalue weighted by atomic mass is 9.75. The number of ketones is 1. The minimum absolute atomic E-state index is 0.0413. The summed E-state index contributed by atoms with van der Waals surface area (Å²) in [5.74, 6) is 1.11. The zero-order valence-electron chi connectivity index (χ0n) is 9.69. The van der Waals surface area contributed by atoms with E-state index in [1.807, 2.05) is 6.08 Å². The van der Waals surface area contributed by atoms with Crippen LogP contribution in [-0.4, -0.2) is 30.1 Å². The summed E-state index contributed by atoms with van der Waals surface area (Å²) in [5.41, 5.74) is 0. The first-order valence-corrected chi connectivity index (χ1v) is 6.26. The highest BCUT2D eigenvalue weighted by molar-refractivity contribution is 5.87. The van der Waals surface area contributed by atoms with Gasteiger partial charge in [0.05, 0.1) is 6.04 Å². The van der Waals surface area contributed by atoms with Gasteiger partial charge in [-0.15, -0.1) is 6.58 Å². The molecule has 1 saturated carbocycles. The first-order valence-electron chi connectivity index (χ1n) is 6.26. The summed E-state index contributed by atoms with van der Waals surface area (Å²) in [6, 6.07) is -0.0413. The van der Waals surface area contributed by atoms with Crippen molar-refractivity contribution in [3.05, 3.63) is 12.7 Å². The van der Waals surface area contributed by atoms with Crippen molar-refractivity contribution in [2.45, 2.75) is 31.7 Å². The van der Waals surface area contributed by atoms with E-state index in [1.54, 1.807) is 0 Å². The smallest absolute Gasteiger partial charge is 0.153 e. The number of Topliss-reactive ketones (excluding diaryl/α,β-unsaturated/α-hetero) is 1. The highest BCUT2D eigenvalue weighted by Crippen LogP contribution is 2.34. The molecule has 3 atom stereocenters. The maximum absolute atomic E-state index is 12.2. The summed E-state index contributed by atoms with van der Waals surface area (Å²) < 4.78 is 0. The van der Waals surface area contributed by atoms with Crippen molar-refractivity contribution >= 4 is 5.78 Å². The molecule has 3 nitrogen and oxygen atoms in total. The van der Waals surface area contributed by atoms with Gasteiger partial charge in [-0.1, -0.05) is 12.5 Å². The van der Waals surface area contributed by atoms with Crippen LogP contribution in [0.5, 0.6) is 0 Å². The Morgan fingerprint density at radius 2 is 2.25 bits per heavy atom. The second-order valence-electron chi connectivity index (χ2n) is 5.05. The molecule has 2 aliphatic rings. The molecule has 0 aromatic rings. The molecule has 1 aliphatic carbocycles. The van der Waals surface area contributed by atoms with Gasteiger partial charge in [0.15, 0.2) is 5.78 Å². The Bertz CT molecular complexity index is 273. The van der Waals surface area contributed by atoms with Gasteiger partial charge in [0.25, 0.3) is 0 Å². The molecule has 0 bridgehead atoms.